The molecule has 0 N–H and O–H groups in total. The molecule has 31 heavy (non-hydrogen) atoms. The van der Waals surface area contributed by atoms with E-state index in [0.717, 1.165) is 4.73 Å². The van der Waals surface area contributed by atoms with Crippen LogP contribution in [0.25, 0.3) is 10.9 Å². The third-order valence-electron chi connectivity index (χ3n) is 5.91. The van der Waals surface area contributed by atoms with Crippen LogP contribution in [0.4, 0.5) is 4.39 Å². The number of aromatic nitrogens is 2. The quantitative estimate of drug-likeness (QED) is 0.565. The minimum absolute atomic E-state index is 0.0355. The van der Waals surface area contributed by atoms with Gasteiger partial charge in [-0.25, -0.2) is 9.18 Å². The van der Waals surface area contributed by atoms with Gasteiger partial charge in [0.05, 0.1) is 10.9 Å². The third kappa shape index (κ3) is 4.16. The number of nitrogens with zero attached hydrogens (tertiary/aromatic N) is 3. The first-order valence-electron chi connectivity index (χ1n) is 10.3. The molecule has 1 aromatic heterocycles. The highest BCUT2D eigenvalue weighted by atomic mass is 19.1. The fraction of sp³-hybridized carbons (Fsp3) is 0.348. The van der Waals surface area contributed by atoms with Gasteiger partial charge in [-0.2, -0.15) is 0 Å². The summed E-state index contributed by atoms with van der Waals surface area (Å²) < 4.78 is 15.4. The summed E-state index contributed by atoms with van der Waals surface area (Å²) in [5, 5.41) is 0.424. The Morgan fingerprint density at radius 1 is 1.03 bits per heavy atom. The normalized spacial score (nSPS) is 15.3. The van der Waals surface area contributed by atoms with Crippen LogP contribution in [0, 0.1) is 11.7 Å². The first-order valence-corrected chi connectivity index (χ1v) is 10.3. The molecule has 0 bridgehead atoms. The molecule has 1 fully saturated rings. The van der Waals surface area contributed by atoms with Crippen molar-refractivity contribution in [3.8, 4) is 0 Å². The predicted octanol–water partition coefficient (Wildman–Crippen LogP) is 1.96. The second kappa shape index (κ2) is 8.85. The maximum atomic E-state index is 13.1. The maximum Gasteiger partial charge on any atom is 0.364 e. The Hall–Kier alpha value is -3.26. The van der Waals surface area contributed by atoms with E-state index in [9.17, 15) is 18.8 Å². The molecule has 162 valence electrons. The monoisotopic (exact) mass is 425 g/mol. The fourth-order valence-electron chi connectivity index (χ4n) is 4.16. The molecule has 0 radical (unpaired) electrons. The van der Waals surface area contributed by atoms with Crippen LogP contribution in [0.1, 0.15) is 23.2 Å². The zero-order chi connectivity index (χ0) is 22.0. The summed E-state index contributed by atoms with van der Waals surface area (Å²) >= 11 is 0. The Morgan fingerprint density at radius 3 is 2.39 bits per heavy atom. The van der Waals surface area contributed by atoms with Crippen molar-refractivity contribution in [2.24, 2.45) is 5.92 Å². The van der Waals surface area contributed by atoms with Crippen LogP contribution < -0.4 is 16.1 Å². The van der Waals surface area contributed by atoms with E-state index in [2.05, 4.69) is 4.90 Å². The SMILES string of the molecule is COn1c(=O)n(CCN2CCC(C(=O)c3ccc(F)cc3)CC2)c(=O)c2ccccc21. The number of ketones is 1. The number of halogens is 1. The molecule has 8 heteroatoms. The molecule has 2 heterocycles. The molecule has 0 unspecified atom stereocenters. The molecular weight excluding hydrogens is 401 g/mol. The summed E-state index contributed by atoms with van der Waals surface area (Å²) in [7, 11) is 1.39. The topological polar surface area (TPSA) is 73.5 Å². The number of benzene rings is 2. The van der Waals surface area contributed by atoms with Gasteiger partial charge in [0.25, 0.3) is 5.56 Å². The lowest BCUT2D eigenvalue weighted by molar-refractivity contribution is 0.0836. The number of Topliss-reactive ketones (excluding diaryl/α,β-unsaturated/α-hetero) is 1. The lowest BCUT2D eigenvalue weighted by Gasteiger charge is -2.31. The average Bonchev–Trinajstić information content (AvgIpc) is 2.80. The number of carbonyl (C=O) groups is 1. The molecule has 0 spiro atoms. The van der Waals surface area contributed by atoms with Crippen molar-refractivity contribution in [1.29, 1.82) is 0 Å². The van der Waals surface area contributed by atoms with E-state index in [1.165, 1.54) is 35.9 Å². The minimum atomic E-state index is -0.507. The number of carbonyl (C=O) groups excluding carboxylic acids is 1. The molecule has 0 amide bonds. The Balaban J connectivity index is 1.43. The van der Waals surface area contributed by atoms with Crippen molar-refractivity contribution >= 4 is 16.7 Å². The maximum absolute atomic E-state index is 13.1. The van der Waals surface area contributed by atoms with Crippen LogP contribution in [0.3, 0.4) is 0 Å². The molecule has 4 rings (SSSR count). The lowest BCUT2D eigenvalue weighted by atomic mass is 9.89. The molecule has 1 saturated heterocycles. The second-order valence-corrected chi connectivity index (χ2v) is 7.72. The van der Waals surface area contributed by atoms with Crippen molar-refractivity contribution in [3.05, 3.63) is 80.7 Å². The molecule has 7 nitrogen and oxygen atoms in total. The zero-order valence-corrected chi connectivity index (χ0v) is 17.3. The van der Waals surface area contributed by atoms with Crippen LogP contribution in [-0.4, -0.2) is 46.7 Å². The van der Waals surface area contributed by atoms with E-state index < -0.39 is 5.69 Å². The van der Waals surface area contributed by atoms with E-state index in [1.54, 1.807) is 24.3 Å². The number of fused-ring (bicyclic) bond motifs is 1. The molecule has 2 aromatic carbocycles. The Bertz CT molecular complexity index is 1210. The smallest absolute Gasteiger partial charge is 0.364 e. The van der Waals surface area contributed by atoms with Crippen molar-refractivity contribution in [2.45, 2.75) is 19.4 Å². The first-order chi connectivity index (χ1) is 15.0. The molecule has 0 saturated carbocycles. The van der Waals surface area contributed by atoms with Crippen LogP contribution in [0.2, 0.25) is 0 Å². The van der Waals surface area contributed by atoms with Gasteiger partial charge in [-0.3, -0.25) is 14.2 Å². The standard InChI is InChI=1S/C23H24FN3O4/c1-31-27-20-5-3-2-4-19(20)22(29)26(23(27)30)15-14-25-12-10-17(11-13-25)21(28)16-6-8-18(24)9-7-16/h2-9,17H,10-15H2,1H3. The first kappa shape index (κ1) is 21.0. The summed E-state index contributed by atoms with van der Waals surface area (Å²) in [6.07, 6.45) is 1.37. The molecular formula is C23H24FN3O4. The average molecular weight is 425 g/mol. The second-order valence-electron chi connectivity index (χ2n) is 7.72. The molecule has 0 aliphatic carbocycles. The minimum Gasteiger partial charge on any atom is -0.412 e. The van der Waals surface area contributed by atoms with Crippen molar-refractivity contribution in [1.82, 2.24) is 14.2 Å². The van der Waals surface area contributed by atoms with Gasteiger partial charge in [-0.15, -0.1) is 4.73 Å². The van der Waals surface area contributed by atoms with E-state index in [4.69, 9.17) is 4.84 Å². The van der Waals surface area contributed by atoms with E-state index in [0.29, 0.717) is 48.9 Å². The van der Waals surface area contributed by atoms with Gasteiger partial charge in [0.15, 0.2) is 5.78 Å². The lowest BCUT2D eigenvalue weighted by Crippen LogP contribution is -2.45. The number of rotatable bonds is 6. The summed E-state index contributed by atoms with van der Waals surface area (Å²) in [4.78, 5) is 45.5. The van der Waals surface area contributed by atoms with Gasteiger partial charge in [0.1, 0.15) is 12.9 Å². The summed E-state index contributed by atoms with van der Waals surface area (Å²) in [5.74, 6) is -0.424. The summed E-state index contributed by atoms with van der Waals surface area (Å²) in [6, 6.07) is 12.5. The van der Waals surface area contributed by atoms with Gasteiger partial charge < -0.3 is 9.74 Å². The van der Waals surface area contributed by atoms with Gasteiger partial charge in [0.2, 0.25) is 0 Å². The van der Waals surface area contributed by atoms with Gasteiger partial charge in [-0.1, -0.05) is 12.1 Å². The number of likely N-dealkylation sites (tertiary alicyclic amines) is 1. The Morgan fingerprint density at radius 2 is 1.71 bits per heavy atom. The van der Waals surface area contributed by atoms with Crippen molar-refractivity contribution in [3.63, 3.8) is 0 Å². The molecule has 3 aromatic rings. The van der Waals surface area contributed by atoms with Crippen LogP contribution in [0.15, 0.2) is 58.1 Å². The third-order valence-corrected chi connectivity index (χ3v) is 5.91. The zero-order valence-electron chi connectivity index (χ0n) is 17.3. The highest BCUT2D eigenvalue weighted by Crippen LogP contribution is 2.22. The summed E-state index contributed by atoms with van der Waals surface area (Å²) in [5.41, 5.74) is 0.127. The van der Waals surface area contributed by atoms with Crippen LogP contribution in [0.5, 0.6) is 0 Å². The highest BCUT2D eigenvalue weighted by molar-refractivity contribution is 5.97. The van der Waals surface area contributed by atoms with E-state index in [1.807, 2.05) is 0 Å². The molecule has 1 aliphatic heterocycles. The van der Waals surface area contributed by atoms with Gasteiger partial charge in [-0.05, 0) is 62.3 Å². The largest absolute Gasteiger partial charge is 0.412 e. The number of piperidine rings is 1. The Labute approximate surface area is 178 Å². The van der Waals surface area contributed by atoms with Crippen LogP contribution in [-0.2, 0) is 6.54 Å². The van der Waals surface area contributed by atoms with Crippen LogP contribution >= 0.6 is 0 Å². The number of para-hydroxylation sites is 1. The van der Waals surface area contributed by atoms with Crippen molar-refractivity contribution in [2.75, 3.05) is 26.7 Å². The van der Waals surface area contributed by atoms with E-state index in [-0.39, 0.29) is 29.6 Å². The summed E-state index contributed by atoms with van der Waals surface area (Å²) in [6.45, 7) is 2.15. The fourth-order valence-corrected chi connectivity index (χ4v) is 4.16. The van der Waals surface area contributed by atoms with E-state index >= 15 is 0 Å². The Kier molecular flexibility index (Phi) is 5.99. The van der Waals surface area contributed by atoms with Crippen molar-refractivity contribution < 1.29 is 14.0 Å². The number of hydrogen-bond acceptors (Lipinski definition) is 5. The molecule has 1 aliphatic rings. The number of hydrogen-bond donors (Lipinski definition) is 0. The predicted molar refractivity (Wildman–Crippen MR) is 115 cm³/mol. The molecule has 0 atom stereocenters. The van der Waals surface area contributed by atoms with Gasteiger partial charge >= 0.3 is 5.69 Å². The highest BCUT2D eigenvalue weighted by Gasteiger charge is 2.26. The van der Waals surface area contributed by atoms with Gasteiger partial charge in [0, 0.05) is 24.6 Å².